The molecule has 1 aromatic carbocycles. The highest BCUT2D eigenvalue weighted by atomic mass is 127. The van der Waals surface area contributed by atoms with Gasteiger partial charge in [-0.3, -0.25) is 14.0 Å². The average Bonchev–Trinajstić information content (AvgIpc) is 2.75. The summed E-state index contributed by atoms with van der Waals surface area (Å²) in [5, 5.41) is 6.86. The van der Waals surface area contributed by atoms with Crippen LogP contribution < -0.4 is 10.6 Å². The summed E-state index contributed by atoms with van der Waals surface area (Å²) in [6.45, 7) is 3.66. The van der Waals surface area contributed by atoms with E-state index in [-0.39, 0.29) is 47.7 Å². The molecule has 162 valence electrons. The number of aliphatic imine (C=N–C) groups is 1. The molecular formula is C21H33IN4O2S. The molecule has 8 heteroatoms. The number of hydrogen-bond acceptors (Lipinski definition) is 3. The minimum atomic E-state index is -0.745. The molecule has 2 aliphatic rings. The van der Waals surface area contributed by atoms with Gasteiger partial charge < -0.3 is 15.5 Å². The van der Waals surface area contributed by atoms with E-state index in [1.807, 2.05) is 17.9 Å². The number of carbonyl (C=O) groups is 1. The molecule has 0 spiro atoms. The van der Waals surface area contributed by atoms with Crippen LogP contribution >= 0.6 is 24.0 Å². The topological polar surface area (TPSA) is 73.8 Å². The van der Waals surface area contributed by atoms with Gasteiger partial charge in [-0.2, -0.15) is 0 Å². The van der Waals surface area contributed by atoms with Crippen LogP contribution in [0.5, 0.6) is 0 Å². The van der Waals surface area contributed by atoms with E-state index in [1.54, 1.807) is 7.05 Å². The molecule has 0 aromatic heterocycles. The molecular weight excluding hydrogens is 499 g/mol. The largest absolute Gasteiger partial charge is 0.354 e. The van der Waals surface area contributed by atoms with Crippen molar-refractivity contribution in [3.63, 3.8) is 0 Å². The Labute approximate surface area is 193 Å². The maximum atomic E-state index is 12.6. The summed E-state index contributed by atoms with van der Waals surface area (Å²) >= 11 is 0. The number of fused-ring (bicyclic) bond motifs is 1. The maximum absolute atomic E-state index is 12.6. The second-order valence-electron chi connectivity index (χ2n) is 7.56. The van der Waals surface area contributed by atoms with E-state index in [9.17, 15) is 9.00 Å². The summed E-state index contributed by atoms with van der Waals surface area (Å²) in [5.74, 6) is 1.46. The molecule has 6 nitrogen and oxygen atoms in total. The van der Waals surface area contributed by atoms with Crippen molar-refractivity contribution < 1.29 is 9.00 Å². The molecule has 29 heavy (non-hydrogen) atoms. The Morgan fingerprint density at radius 1 is 1.28 bits per heavy atom. The number of halogens is 1. The van der Waals surface area contributed by atoms with Crippen LogP contribution in [-0.4, -0.2) is 58.2 Å². The number of hydrogen-bond donors (Lipinski definition) is 2. The SMILES string of the molecule is CCS(=O)C1CCCC(NC(=NC)NCC(=O)N2CCc3ccccc3C2)C1.I. The number of nitrogens with one attached hydrogen (secondary N) is 2. The van der Waals surface area contributed by atoms with Crippen LogP contribution in [0.4, 0.5) is 0 Å². The summed E-state index contributed by atoms with van der Waals surface area (Å²) in [6, 6.07) is 8.59. The molecule has 1 heterocycles. The lowest BCUT2D eigenvalue weighted by Gasteiger charge is -2.31. The first-order valence-corrected chi connectivity index (χ1v) is 11.7. The van der Waals surface area contributed by atoms with E-state index in [1.165, 1.54) is 11.1 Å². The molecule has 3 unspecified atom stereocenters. The number of carbonyl (C=O) groups excluding carboxylic acids is 1. The van der Waals surface area contributed by atoms with Crippen LogP contribution in [0.2, 0.25) is 0 Å². The normalized spacial score (nSPS) is 22.8. The Morgan fingerprint density at radius 3 is 2.76 bits per heavy atom. The van der Waals surface area contributed by atoms with Crippen molar-refractivity contribution in [2.24, 2.45) is 4.99 Å². The summed E-state index contributed by atoms with van der Waals surface area (Å²) in [7, 11) is 0.979. The molecule has 0 radical (unpaired) electrons. The standard InChI is InChI=1S/C21H32N4O2S.HI/c1-3-28(27)19-10-6-9-18(13-19)24-21(22-2)23-14-20(26)25-12-11-16-7-4-5-8-17(16)15-25;/h4-5,7-8,18-19H,3,6,9-15H2,1-2H3,(H2,22,23,24);1H. The summed E-state index contributed by atoms with van der Waals surface area (Å²) in [5.41, 5.74) is 2.58. The first kappa shape index (κ1) is 24.1. The van der Waals surface area contributed by atoms with E-state index in [4.69, 9.17) is 0 Å². The van der Waals surface area contributed by atoms with Gasteiger partial charge in [-0.15, -0.1) is 24.0 Å². The van der Waals surface area contributed by atoms with E-state index < -0.39 is 10.8 Å². The van der Waals surface area contributed by atoms with Gasteiger partial charge in [-0.1, -0.05) is 37.6 Å². The van der Waals surface area contributed by atoms with Crippen molar-refractivity contribution in [1.29, 1.82) is 0 Å². The highest BCUT2D eigenvalue weighted by Crippen LogP contribution is 2.23. The smallest absolute Gasteiger partial charge is 0.242 e. The molecule has 3 rings (SSSR count). The molecule has 0 saturated heterocycles. The average molecular weight is 532 g/mol. The van der Waals surface area contributed by atoms with Crippen LogP contribution in [0, 0.1) is 0 Å². The minimum Gasteiger partial charge on any atom is -0.354 e. The highest BCUT2D eigenvalue weighted by Gasteiger charge is 2.26. The maximum Gasteiger partial charge on any atom is 0.242 e. The van der Waals surface area contributed by atoms with Crippen molar-refractivity contribution in [3.05, 3.63) is 35.4 Å². The first-order chi connectivity index (χ1) is 13.6. The monoisotopic (exact) mass is 532 g/mol. The third-order valence-electron chi connectivity index (χ3n) is 5.74. The number of rotatable bonds is 5. The van der Waals surface area contributed by atoms with Gasteiger partial charge in [0, 0.05) is 48.0 Å². The molecule has 1 saturated carbocycles. The van der Waals surface area contributed by atoms with Gasteiger partial charge >= 0.3 is 0 Å². The van der Waals surface area contributed by atoms with Crippen LogP contribution in [0.15, 0.2) is 29.3 Å². The lowest BCUT2D eigenvalue weighted by Crippen LogP contribution is -2.49. The minimum absolute atomic E-state index is 0. The predicted octanol–water partition coefficient (Wildman–Crippen LogP) is 2.43. The fraction of sp³-hybridized carbons (Fsp3) is 0.619. The number of amides is 1. The van der Waals surface area contributed by atoms with Gasteiger partial charge in [0.05, 0.1) is 6.54 Å². The van der Waals surface area contributed by atoms with E-state index in [0.717, 1.165) is 44.4 Å². The van der Waals surface area contributed by atoms with Gasteiger partial charge in [0.2, 0.25) is 5.91 Å². The zero-order valence-electron chi connectivity index (χ0n) is 17.4. The van der Waals surface area contributed by atoms with Gasteiger partial charge in [-0.25, -0.2) is 0 Å². The Morgan fingerprint density at radius 2 is 2.03 bits per heavy atom. The summed E-state index contributed by atoms with van der Waals surface area (Å²) in [4.78, 5) is 18.8. The van der Waals surface area contributed by atoms with Gasteiger partial charge in [-0.05, 0) is 36.8 Å². The van der Waals surface area contributed by atoms with Crippen LogP contribution in [0.1, 0.15) is 43.7 Å². The van der Waals surface area contributed by atoms with E-state index in [2.05, 4.69) is 33.8 Å². The molecule has 1 aliphatic carbocycles. The van der Waals surface area contributed by atoms with Crippen LogP contribution in [-0.2, 0) is 28.6 Å². The Kier molecular flexibility index (Phi) is 9.88. The zero-order chi connectivity index (χ0) is 19.9. The lowest BCUT2D eigenvalue weighted by atomic mass is 9.95. The Hall–Kier alpha value is -1.16. The molecule has 0 bridgehead atoms. The molecule has 1 fully saturated rings. The molecule has 1 aliphatic heterocycles. The van der Waals surface area contributed by atoms with Crippen molar-refractivity contribution in [2.75, 3.05) is 25.9 Å². The first-order valence-electron chi connectivity index (χ1n) is 10.3. The molecule has 1 aromatic rings. The quantitative estimate of drug-likeness (QED) is 0.347. The Bertz CT molecular complexity index is 743. The summed E-state index contributed by atoms with van der Waals surface area (Å²) in [6.07, 6.45) is 4.98. The van der Waals surface area contributed by atoms with Crippen molar-refractivity contribution in [2.45, 2.75) is 56.9 Å². The van der Waals surface area contributed by atoms with Crippen molar-refractivity contribution >= 4 is 46.6 Å². The van der Waals surface area contributed by atoms with E-state index in [0.29, 0.717) is 12.5 Å². The van der Waals surface area contributed by atoms with E-state index >= 15 is 0 Å². The number of benzene rings is 1. The van der Waals surface area contributed by atoms with Crippen molar-refractivity contribution in [3.8, 4) is 0 Å². The predicted molar refractivity (Wildman–Crippen MR) is 130 cm³/mol. The summed E-state index contributed by atoms with van der Waals surface area (Å²) < 4.78 is 12.1. The zero-order valence-corrected chi connectivity index (χ0v) is 20.5. The second-order valence-corrected chi connectivity index (χ2v) is 9.56. The number of nitrogens with zero attached hydrogens (tertiary/aromatic N) is 2. The third kappa shape index (κ3) is 6.67. The highest BCUT2D eigenvalue weighted by molar-refractivity contribution is 14.0. The third-order valence-corrected chi connectivity index (χ3v) is 7.48. The lowest BCUT2D eigenvalue weighted by molar-refractivity contribution is -0.130. The van der Waals surface area contributed by atoms with Crippen LogP contribution in [0.3, 0.4) is 0 Å². The number of guanidine groups is 1. The van der Waals surface area contributed by atoms with Gasteiger partial charge in [0.1, 0.15) is 0 Å². The van der Waals surface area contributed by atoms with Crippen molar-refractivity contribution in [1.82, 2.24) is 15.5 Å². The fourth-order valence-corrected chi connectivity index (χ4v) is 5.47. The fourth-order valence-electron chi connectivity index (χ4n) is 4.12. The molecule has 3 atom stereocenters. The van der Waals surface area contributed by atoms with Gasteiger partial charge in [0.15, 0.2) is 5.96 Å². The molecule has 2 N–H and O–H groups in total. The Balaban J connectivity index is 0.00000300. The van der Waals surface area contributed by atoms with Gasteiger partial charge in [0.25, 0.3) is 0 Å². The van der Waals surface area contributed by atoms with Crippen LogP contribution in [0.25, 0.3) is 0 Å². The second kappa shape index (κ2) is 11.9. The molecule has 1 amide bonds.